The lowest BCUT2D eigenvalue weighted by Gasteiger charge is -2.41. The fraction of sp³-hybridized carbons (Fsp3) is 0.167. The largest absolute Gasteiger partial charge is 0.292 e. The van der Waals surface area contributed by atoms with E-state index in [1.165, 1.54) is 99.8 Å². The topological polar surface area (TPSA) is 35.6 Å². The molecule has 4 nitrogen and oxygen atoms in total. The number of benzene rings is 10. The highest BCUT2D eigenvalue weighted by atomic mass is 15.1. The molecule has 0 saturated heterocycles. The van der Waals surface area contributed by atoms with E-state index in [0.29, 0.717) is 0 Å². The highest BCUT2D eigenvalue weighted by Gasteiger charge is 2.52. The summed E-state index contributed by atoms with van der Waals surface area (Å²) < 4.78 is 4.58. The van der Waals surface area contributed by atoms with E-state index in [1.807, 2.05) is 0 Å². The van der Waals surface area contributed by atoms with Crippen LogP contribution < -0.4 is 0 Å². The fourth-order valence-corrected chi connectivity index (χ4v) is 14.6. The third-order valence-electron chi connectivity index (χ3n) is 18.7. The second-order valence-electron chi connectivity index (χ2n) is 24.2. The standard InChI is InChI=1S/C72H56N4/c1-69(2)49-35-45(41-27-31-43(32-28-41)67-73-57-23-15-17-25-59(57)75(67)47-19-11-9-12-20-47)37-51-61(49)63-53(69)39-55-66-64-54(40-56(65(63)66)71(51,5)6)70(3,4)50-36-46(38-52(62(50)64)72(55,7)8)42-29-33-44(34-30-42)68-74-58-24-16-18-26-60(58)76(68)48-21-13-10-14-22-48/h9-40H,1-8H3. The molecule has 76 heavy (non-hydrogen) atoms. The molecule has 0 radical (unpaired) electrons. The summed E-state index contributed by atoms with van der Waals surface area (Å²) in [7, 11) is 0. The number of rotatable bonds is 6. The first-order valence-corrected chi connectivity index (χ1v) is 27.1. The van der Waals surface area contributed by atoms with Crippen LogP contribution in [0.15, 0.2) is 194 Å². The molecule has 10 aromatic carbocycles. The van der Waals surface area contributed by atoms with Gasteiger partial charge in [-0.1, -0.05) is 177 Å². The molecule has 0 bridgehead atoms. The van der Waals surface area contributed by atoms with Crippen molar-refractivity contribution in [2.45, 2.75) is 77.0 Å². The molecule has 0 saturated carbocycles. The van der Waals surface area contributed by atoms with Gasteiger partial charge in [0.15, 0.2) is 0 Å². The third-order valence-corrected chi connectivity index (χ3v) is 18.7. The molecule has 4 heteroatoms. The monoisotopic (exact) mass is 976 g/mol. The predicted molar refractivity (Wildman–Crippen MR) is 314 cm³/mol. The van der Waals surface area contributed by atoms with Crippen LogP contribution in [-0.2, 0) is 21.7 Å². The Hall–Kier alpha value is -8.60. The first kappa shape index (κ1) is 43.8. The van der Waals surface area contributed by atoms with Gasteiger partial charge < -0.3 is 0 Å². The lowest BCUT2D eigenvalue weighted by Crippen LogP contribution is -2.28. The Balaban J connectivity index is 0.830. The van der Waals surface area contributed by atoms with Gasteiger partial charge in [-0.15, -0.1) is 0 Å². The number of hydrogen-bond donors (Lipinski definition) is 0. The average Bonchev–Trinajstić information content (AvgIpc) is 3.85. The van der Waals surface area contributed by atoms with Crippen molar-refractivity contribution in [1.82, 2.24) is 19.1 Å². The number of aromatic nitrogens is 4. The zero-order chi connectivity index (χ0) is 51.4. The van der Waals surface area contributed by atoms with Gasteiger partial charge in [-0.25, -0.2) is 9.97 Å². The number of hydrogen-bond acceptors (Lipinski definition) is 2. The van der Waals surface area contributed by atoms with Gasteiger partial charge >= 0.3 is 0 Å². The summed E-state index contributed by atoms with van der Waals surface area (Å²) in [4.78, 5) is 10.4. The van der Waals surface area contributed by atoms with Crippen LogP contribution in [0.4, 0.5) is 0 Å². The predicted octanol–water partition coefficient (Wildman–Crippen LogP) is 18.1. The minimum absolute atomic E-state index is 0.219. The van der Waals surface area contributed by atoms with Gasteiger partial charge in [0.05, 0.1) is 22.1 Å². The molecule has 4 aliphatic carbocycles. The van der Waals surface area contributed by atoms with Gasteiger partial charge in [0.1, 0.15) is 11.6 Å². The summed E-state index contributed by atoms with van der Waals surface area (Å²) in [5.41, 5.74) is 30.0. The minimum Gasteiger partial charge on any atom is -0.292 e. The van der Waals surface area contributed by atoms with Crippen molar-refractivity contribution in [3.05, 3.63) is 239 Å². The highest BCUT2D eigenvalue weighted by Crippen LogP contribution is 2.67. The molecule has 2 aromatic heterocycles. The Morgan fingerprint density at radius 3 is 0.947 bits per heavy atom. The smallest absolute Gasteiger partial charge is 0.145 e. The van der Waals surface area contributed by atoms with E-state index >= 15 is 0 Å². The first-order valence-electron chi connectivity index (χ1n) is 27.1. The minimum atomic E-state index is -0.262. The van der Waals surface area contributed by atoms with Gasteiger partial charge in [-0.05, 0) is 173 Å². The van der Waals surface area contributed by atoms with E-state index in [0.717, 1.165) is 56.2 Å². The highest BCUT2D eigenvalue weighted by molar-refractivity contribution is 6.18. The van der Waals surface area contributed by atoms with Crippen LogP contribution in [0.1, 0.15) is 99.9 Å². The van der Waals surface area contributed by atoms with E-state index in [9.17, 15) is 0 Å². The Morgan fingerprint density at radius 1 is 0.276 bits per heavy atom. The van der Waals surface area contributed by atoms with Crippen molar-refractivity contribution >= 4 is 32.8 Å². The van der Waals surface area contributed by atoms with Crippen LogP contribution in [0.25, 0.3) is 111 Å². The Bertz CT molecular complexity index is 4230. The van der Waals surface area contributed by atoms with Crippen LogP contribution in [-0.4, -0.2) is 19.1 Å². The van der Waals surface area contributed by atoms with E-state index in [2.05, 4.69) is 259 Å². The lowest BCUT2D eigenvalue weighted by atomic mass is 9.62. The molecular weight excluding hydrogens is 921 g/mol. The molecule has 4 aliphatic rings. The van der Waals surface area contributed by atoms with E-state index in [1.54, 1.807) is 0 Å². The molecule has 12 aromatic rings. The van der Waals surface area contributed by atoms with Gasteiger partial charge in [-0.2, -0.15) is 0 Å². The summed E-state index contributed by atoms with van der Waals surface area (Å²) in [6, 6.07) is 71.9. The molecule has 2 heterocycles. The number of imidazole rings is 2. The van der Waals surface area contributed by atoms with Crippen molar-refractivity contribution in [2.24, 2.45) is 0 Å². The summed E-state index contributed by atoms with van der Waals surface area (Å²) in [5.74, 6) is 1.90. The van der Waals surface area contributed by atoms with Crippen molar-refractivity contribution in [2.75, 3.05) is 0 Å². The van der Waals surface area contributed by atoms with Crippen LogP contribution in [0.5, 0.6) is 0 Å². The summed E-state index contributed by atoms with van der Waals surface area (Å²) in [6.45, 7) is 19.9. The summed E-state index contributed by atoms with van der Waals surface area (Å²) in [6.07, 6.45) is 0. The van der Waals surface area contributed by atoms with Gasteiger partial charge in [0.2, 0.25) is 0 Å². The second-order valence-corrected chi connectivity index (χ2v) is 24.2. The van der Waals surface area contributed by atoms with Crippen molar-refractivity contribution in [1.29, 1.82) is 0 Å². The number of nitrogens with zero attached hydrogens (tertiary/aromatic N) is 4. The molecule has 0 unspecified atom stereocenters. The van der Waals surface area contributed by atoms with E-state index in [4.69, 9.17) is 9.97 Å². The maximum atomic E-state index is 5.20. The SMILES string of the molecule is CC1(C)c2cc(-c3ccc(-c4nc5ccccc5n4-c4ccccc4)cc3)cc3c2-c2c1cc1c4c5c(cc(c24)C3(C)C)C(C)(C)c2cc(-c3ccc(-c4nc6ccccc6n4-c4ccccc4)cc3)cc(c2-5)C1(C)C. The van der Waals surface area contributed by atoms with Gasteiger partial charge in [0.25, 0.3) is 0 Å². The molecule has 16 rings (SSSR count). The first-order chi connectivity index (χ1) is 36.7. The molecule has 0 aliphatic heterocycles. The zero-order valence-electron chi connectivity index (χ0n) is 44.3. The maximum Gasteiger partial charge on any atom is 0.145 e. The molecule has 0 spiro atoms. The number of fused-ring (bicyclic) bond motifs is 2. The third kappa shape index (κ3) is 5.53. The molecule has 0 fully saturated rings. The second kappa shape index (κ2) is 14.6. The molecule has 0 atom stereocenters. The molecular formula is C72H56N4. The van der Waals surface area contributed by atoms with Crippen LogP contribution >= 0.6 is 0 Å². The Morgan fingerprint density at radius 2 is 0.579 bits per heavy atom. The van der Waals surface area contributed by atoms with E-state index < -0.39 is 0 Å². The fourth-order valence-electron chi connectivity index (χ4n) is 14.6. The summed E-state index contributed by atoms with van der Waals surface area (Å²) in [5, 5.41) is 2.97. The van der Waals surface area contributed by atoms with Crippen molar-refractivity contribution in [3.63, 3.8) is 0 Å². The average molecular weight is 977 g/mol. The van der Waals surface area contributed by atoms with Gasteiger partial charge in [-0.3, -0.25) is 9.13 Å². The summed E-state index contributed by atoms with van der Waals surface area (Å²) >= 11 is 0. The number of para-hydroxylation sites is 6. The van der Waals surface area contributed by atoms with E-state index in [-0.39, 0.29) is 21.7 Å². The van der Waals surface area contributed by atoms with Crippen LogP contribution in [0.2, 0.25) is 0 Å². The lowest BCUT2D eigenvalue weighted by molar-refractivity contribution is 0.625. The zero-order valence-corrected chi connectivity index (χ0v) is 44.3. The molecule has 0 amide bonds. The van der Waals surface area contributed by atoms with Gasteiger partial charge in [0, 0.05) is 44.2 Å². The van der Waals surface area contributed by atoms with Crippen LogP contribution in [0.3, 0.4) is 0 Å². The Labute approximate surface area is 444 Å². The van der Waals surface area contributed by atoms with Crippen LogP contribution in [0, 0.1) is 0 Å². The normalized spacial score (nSPS) is 16.1. The Kier molecular flexibility index (Phi) is 8.42. The maximum absolute atomic E-state index is 5.20. The van der Waals surface area contributed by atoms with Crippen molar-refractivity contribution in [3.8, 4) is 78.7 Å². The van der Waals surface area contributed by atoms with Crippen molar-refractivity contribution < 1.29 is 0 Å². The molecule has 364 valence electrons. The molecule has 0 N–H and O–H groups in total. The quantitative estimate of drug-likeness (QED) is 0.166.